The van der Waals surface area contributed by atoms with Crippen LogP contribution in [0.2, 0.25) is 0 Å². The number of aromatic nitrogens is 1. The molecule has 1 atom stereocenters. The summed E-state index contributed by atoms with van der Waals surface area (Å²) in [5.41, 5.74) is 0.716. The van der Waals surface area contributed by atoms with Gasteiger partial charge in [0.05, 0.1) is 5.56 Å². The van der Waals surface area contributed by atoms with Crippen LogP contribution in [0.5, 0.6) is 0 Å². The molecule has 2 aliphatic heterocycles. The van der Waals surface area contributed by atoms with Crippen molar-refractivity contribution in [3.8, 4) is 0 Å². The third kappa shape index (κ3) is 2.78. The van der Waals surface area contributed by atoms with Crippen LogP contribution in [0, 0.1) is 11.8 Å². The Morgan fingerprint density at radius 1 is 1.26 bits per heavy atom. The number of piperidine rings is 1. The summed E-state index contributed by atoms with van der Waals surface area (Å²) in [6, 6.07) is 3.68. The van der Waals surface area contributed by atoms with Gasteiger partial charge in [0.1, 0.15) is 0 Å². The molecule has 4 heteroatoms. The summed E-state index contributed by atoms with van der Waals surface area (Å²) >= 11 is 0. The van der Waals surface area contributed by atoms with Gasteiger partial charge in [0.2, 0.25) is 0 Å². The summed E-state index contributed by atoms with van der Waals surface area (Å²) in [6.07, 6.45) is 7.06. The molecule has 3 rings (SSSR count). The highest BCUT2D eigenvalue weighted by atomic mass is 16.2. The second kappa shape index (κ2) is 5.70. The number of pyridine rings is 1. The number of nitrogens with one attached hydrogen (secondary N) is 1. The highest BCUT2D eigenvalue weighted by molar-refractivity contribution is 5.94. The number of likely N-dealkylation sites (tertiary alicyclic amines) is 1. The first-order valence-corrected chi connectivity index (χ1v) is 7.24. The molecule has 1 amide bonds. The molecule has 19 heavy (non-hydrogen) atoms. The number of nitrogens with zero attached hydrogens (tertiary/aromatic N) is 2. The molecule has 1 aromatic heterocycles. The number of rotatable bonds is 2. The van der Waals surface area contributed by atoms with Gasteiger partial charge in [0.15, 0.2) is 0 Å². The fraction of sp³-hybridized carbons (Fsp3) is 0.600. The maximum absolute atomic E-state index is 12.3. The molecule has 1 N–H and O–H groups in total. The number of carbonyl (C=O) groups is 1. The van der Waals surface area contributed by atoms with Gasteiger partial charge in [-0.1, -0.05) is 0 Å². The Morgan fingerprint density at radius 2 is 2.11 bits per heavy atom. The molecule has 4 nitrogen and oxygen atoms in total. The lowest BCUT2D eigenvalue weighted by molar-refractivity contribution is 0.0780. The van der Waals surface area contributed by atoms with Crippen LogP contribution in [0.1, 0.15) is 29.6 Å². The Hall–Kier alpha value is -1.42. The van der Waals surface area contributed by atoms with Crippen molar-refractivity contribution in [3.63, 3.8) is 0 Å². The normalized spacial score (nSPS) is 24.6. The van der Waals surface area contributed by atoms with E-state index < -0.39 is 0 Å². The third-order valence-electron chi connectivity index (χ3n) is 4.47. The van der Waals surface area contributed by atoms with Gasteiger partial charge >= 0.3 is 0 Å². The molecule has 0 spiro atoms. The number of carbonyl (C=O) groups excluding carboxylic acids is 1. The van der Waals surface area contributed by atoms with E-state index in [0.717, 1.165) is 38.5 Å². The summed E-state index contributed by atoms with van der Waals surface area (Å²) in [5.74, 6) is 1.64. The summed E-state index contributed by atoms with van der Waals surface area (Å²) in [6.45, 7) is 4.11. The van der Waals surface area contributed by atoms with E-state index in [9.17, 15) is 4.79 Å². The van der Waals surface area contributed by atoms with Crippen LogP contribution in [0.4, 0.5) is 0 Å². The van der Waals surface area contributed by atoms with Crippen molar-refractivity contribution in [2.45, 2.75) is 19.3 Å². The van der Waals surface area contributed by atoms with Gasteiger partial charge in [-0.15, -0.1) is 0 Å². The van der Waals surface area contributed by atoms with Crippen LogP contribution in [0.15, 0.2) is 24.5 Å². The second-order valence-electron chi connectivity index (χ2n) is 5.63. The maximum atomic E-state index is 12.3. The fourth-order valence-corrected chi connectivity index (χ4v) is 3.34. The summed E-state index contributed by atoms with van der Waals surface area (Å²) in [4.78, 5) is 18.4. The van der Waals surface area contributed by atoms with Crippen molar-refractivity contribution in [1.29, 1.82) is 0 Å². The van der Waals surface area contributed by atoms with Gasteiger partial charge in [-0.05, 0) is 56.3 Å². The fourth-order valence-electron chi connectivity index (χ4n) is 3.34. The molecule has 102 valence electrons. The lowest BCUT2D eigenvalue weighted by Crippen LogP contribution is -2.34. The van der Waals surface area contributed by atoms with Crippen molar-refractivity contribution >= 4 is 5.91 Å². The predicted molar refractivity (Wildman–Crippen MR) is 73.8 cm³/mol. The van der Waals surface area contributed by atoms with E-state index in [-0.39, 0.29) is 5.91 Å². The van der Waals surface area contributed by atoms with Gasteiger partial charge < -0.3 is 10.2 Å². The lowest BCUT2D eigenvalue weighted by Gasteiger charge is -2.28. The summed E-state index contributed by atoms with van der Waals surface area (Å²) in [7, 11) is 0. The van der Waals surface area contributed by atoms with Gasteiger partial charge in [0.25, 0.3) is 5.91 Å². The molecule has 2 saturated heterocycles. The lowest BCUT2D eigenvalue weighted by atomic mass is 9.84. The number of amides is 1. The Morgan fingerprint density at radius 3 is 2.84 bits per heavy atom. The maximum Gasteiger partial charge on any atom is 0.255 e. The molecular weight excluding hydrogens is 238 g/mol. The van der Waals surface area contributed by atoms with E-state index in [1.54, 1.807) is 12.4 Å². The van der Waals surface area contributed by atoms with Crippen LogP contribution in [-0.2, 0) is 0 Å². The first-order chi connectivity index (χ1) is 9.34. The number of hydrogen-bond acceptors (Lipinski definition) is 3. The molecule has 0 radical (unpaired) electrons. The van der Waals surface area contributed by atoms with Crippen molar-refractivity contribution in [3.05, 3.63) is 30.1 Å². The summed E-state index contributed by atoms with van der Waals surface area (Å²) < 4.78 is 0. The Labute approximate surface area is 114 Å². The molecule has 2 aliphatic rings. The topological polar surface area (TPSA) is 45.2 Å². The summed E-state index contributed by atoms with van der Waals surface area (Å²) in [5, 5.41) is 3.41. The minimum atomic E-state index is 0.143. The van der Waals surface area contributed by atoms with Gasteiger partial charge in [0, 0.05) is 25.5 Å². The second-order valence-corrected chi connectivity index (χ2v) is 5.63. The number of hydrogen-bond donors (Lipinski definition) is 1. The van der Waals surface area contributed by atoms with Crippen molar-refractivity contribution in [2.75, 3.05) is 26.2 Å². The standard InChI is InChI=1S/C15H21N3O/c19-15(13-2-1-6-17-10-13)18-9-5-14(11-18)12-3-7-16-8-4-12/h1-2,6,10,12,14,16H,3-5,7-9,11H2. The highest BCUT2D eigenvalue weighted by Crippen LogP contribution is 2.30. The van der Waals surface area contributed by atoms with E-state index in [0.29, 0.717) is 11.5 Å². The smallest absolute Gasteiger partial charge is 0.255 e. The minimum absolute atomic E-state index is 0.143. The Bertz CT molecular complexity index is 428. The van der Waals surface area contributed by atoms with E-state index in [4.69, 9.17) is 0 Å². The average Bonchev–Trinajstić information content (AvgIpc) is 2.98. The van der Waals surface area contributed by atoms with Crippen LogP contribution >= 0.6 is 0 Å². The zero-order valence-electron chi connectivity index (χ0n) is 11.2. The first-order valence-electron chi connectivity index (χ1n) is 7.24. The SMILES string of the molecule is O=C(c1cccnc1)N1CCC(C2CCNCC2)C1. The zero-order valence-corrected chi connectivity index (χ0v) is 11.2. The molecule has 0 aromatic carbocycles. The van der Waals surface area contributed by atoms with E-state index >= 15 is 0 Å². The van der Waals surface area contributed by atoms with Crippen LogP contribution in [0.3, 0.4) is 0 Å². The molecule has 0 aliphatic carbocycles. The van der Waals surface area contributed by atoms with Crippen LogP contribution in [-0.4, -0.2) is 42.0 Å². The first kappa shape index (κ1) is 12.6. The zero-order chi connectivity index (χ0) is 13.1. The molecule has 1 unspecified atom stereocenters. The molecular formula is C15H21N3O. The minimum Gasteiger partial charge on any atom is -0.338 e. The van der Waals surface area contributed by atoms with Gasteiger partial charge in [-0.2, -0.15) is 0 Å². The molecule has 0 saturated carbocycles. The monoisotopic (exact) mass is 259 g/mol. The molecule has 1 aromatic rings. The average molecular weight is 259 g/mol. The largest absolute Gasteiger partial charge is 0.338 e. The van der Waals surface area contributed by atoms with Gasteiger partial charge in [-0.25, -0.2) is 0 Å². The molecule has 3 heterocycles. The van der Waals surface area contributed by atoms with Crippen molar-refractivity contribution < 1.29 is 4.79 Å². The Balaban J connectivity index is 1.61. The predicted octanol–water partition coefficient (Wildman–Crippen LogP) is 1.54. The highest BCUT2D eigenvalue weighted by Gasteiger charge is 2.32. The molecule has 0 bridgehead atoms. The van der Waals surface area contributed by atoms with E-state index in [1.807, 2.05) is 17.0 Å². The third-order valence-corrected chi connectivity index (χ3v) is 4.47. The van der Waals surface area contributed by atoms with Gasteiger partial charge in [-0.3, -0.25) is 9.78 Å². The quantitative estimate of drug-likeness (QED) is 0.876. The van der Waals surface area contributed by atoms with Crippen LogP contribution < -0.4 is 5.32 Å². The van der Waals surface area contributed by atoms with Crippen molar-refractivity contribution in [1.82, 2.24) is 15.2 Å². The van der Waals surface area contributed by atoms with E-state index in [1.165, 1.54) is 12.8 Å². The Kier molecular flexibility index (Phi) is 3.78. The van der Waals surface area contributed by atoms with Crippen molar-refractivity contribution in [2.24, 2.45) is 11.8 Å². The van der Waals surface area contributed by atoms with E-state index in [2.05, 4.69) is 10.3 Å². The van der Waals surface area contributed by atoms with Crippen LogP contribution in [0.25, 0.3) is 0 Å². The molecule has 2 fully saturated rings.